The first-order chi connectivity index (χ1) is 15.8. The Bertz CT molecular complexity index is 1330. The summed E-state index contributed by atoms with van der Waals surface area (Å²) < 4.78 is 28.3. The minimum atomic E-state index is -3.75. The molecule has 0 fully saturated rings. The molecule has 4 aromatic rings. The number of para-hydroxylation sites is 2. The Labute approximate surface area is 198 Å². The van der Waals surface area contributed by atoms with Gasteiger partial charge >= 0.3 is 0 Å². The number of hydrogen-bond acceptors (Lipinski definition) is 5. The Balaban J connectivity index is 1.63. The van der Waals surface area contributed by atoms with Gasteiger partial charge in [-0.15, -0.1) is 0 Å². The van der Waals surface area contributed by atoms with E-state index >= 15 is 0 Å². The monoisotopic (exact) mass is 479 g/mol. The van der Waals surface area contributed by atoms with Gasteiger partial charge < -0.3 is 0 Å². The van der Waals surface area contributed by atoms with Gasteiger partial charge in [-0.2, -0.15) is 0 Å². The number of carbonyl (C=O) groups excluding carboxylic acids is 1. The van der Waals surface area contributed by atoms with Gasteiger partial charge in [0, 0.05) is 19.2 Å². The number of fused-ring (bicyclic) bond motifs is 1. The van der Waals surface area contributed by atoms with Gasteiger partial charge in [0.05, 0.1) is 20.8 Å². The molecular formula is C25H25N3O3S2. The van der Waals surface area contributed by atoms with Crippen LogP contribution in [0.15, 0.2) is 83.8 Å². The van der Waals surface area contributed by atoms with Crippen LogP contribution in [0.3, 0.4) is 0 Å². The molecule has 0 atom stereocenters. The van der Waals surface area contributed by atoms with Crippen molar-refractivity contribution in [2.24, 2.45) is 5.92 Å². The van der Waals surface area contributed by atoms with Crippen molar-refractivity contribution in [3.8, 4) is 0 Å². The molecule has 1 aromatic heterocycles. The predicted octanol–water partition coefficient (Wildman–Crippen LogP) is 5.42. The number of rotatable bonds is 7. The van der Waals surface area contributed by atoms with Gasteiger partial charge in [-0.25, -0.2) is 13.4 Å². The van der Waals surface area contributed by atoms with Crippen molar-refractivity contribution >= 4 is 48.3 Å². The molecule has 0 aliphatic carbocycles. The van der Waals surface area contributed by atoms with E-state index in [-0.39, 0.29) is 16.7 Å². The Hall–Kier alpha value is -3.23. The predicted molar refractivity (Wildman–Crippen MR) is 135 cm³/mol. The zero-order valence-corrected chi connectivity index (χ0v) is 20.3. The van der Waals surface area contributed by atoms with E-state index in [0.29, 0.717) is 22.9 Å². The maximum atomic E-state index is 13.4. The number of nitrogens with zero attached hydrogens (tertiary/aromatic N) is 3. The molecular weight excluding hydrogens is 454 g/mol. The fourth-order valence-electron chi connectivity index (χ4n) is 3.45. The first-order valence-electron chi connectivity index (χ1n) is 10.6. The summed E-state index contributed by atoms with van der Waals surface area (Å²) in [5.41, 5.74) is 1.83. The minimum Gasteiger partial charge on any atom is -0.284 e. The Kier molecular flexibility index (Phi) is 6.49. The fraction of sp³-hybridized carbons (Fsp3) is 0.200. The molecule has 6 nitrogen and oxygen atoms in total. The van der Waals surface area contributed by atoms with Crippen LogP contribution in [0.25, 0.3) is 10.2 Å². The van der Waals surface area contributed by atoms with Crippen LogP contribution < -0.4 is 9.21 Å². The maximum absolute atomic E-state index is 13.4. The van der Waals surface area contributed by atoms with E-state index in [9.17, 15) is 13.2 Å². The Morgan fingerprint density at radius 3 is 2.21 bits per heavy atom. The number of carbonyl (C=O) groups is 1. The van der Waals surface area contributed by atoms with Crippen molar-refractivity contribution in [3.63, 3.8) is 0 Å². The van der Waals surface area contributed by atoms with E-state index < -0.39 is 10.0 Å². The van der Waals surface area contributed by atoms with Crippen LogP contribution in [-0.2, 0) is 10.0 Å². The van der Waals surface area contributed by atoms with Crippen molar-refractivity contribution < 1.29 is 13.2 Å². The molecule has 170 valence electrons. The molecule has 8 heteroatoms. The summed E-state index contributed by atoms with van der Waals surface area (Å²) in [5.74, 6) is 0.0308. The van der Waals surface area contributed by atoms with E-state index in [1.54, 1.807) is 41.3 Å². The lowest BCUT2D eigenvalue weighted by molar-refractivity contribution is 0.0984. The number of benzene rings is 3. The summed E-state index contributed by atoms with van der Waals surface area (Å²) in [5, 5.41) is 0.635. The smallest absolute Gasteiger partial charge is 0.264 e. The van der Waals surface area contributed by atoms with E-state index in [4.69, 9.17) is 0 Å². The number of hydrogen-bond donors (Lipinski definition) is 0. The van der Waals surface area contributed by atoms with Crippen molar-refractivity contribution in [2.45, 2.75) is 18.7 Å². The molecule has 0 N–H and O–H groups in total. The second-order valence-corrected chi connectivity index (χ2v) is 11.1. The summed E-state index contributed by atoms with van der Waals surface area (Å²) in [4.78, 5) is 19.9. The fourth-order valence-corrected chi connectivity index (χ4v) is 5.62. The molecule has 0 unspecified atom stereocenters. The molecule has 0 saturated carbocycles. The second-order valence-electron chi connectivity index (χ2n) is 8.11. The molecule has 3 aromatic carbocycles. The van der Waals surface area contributed by atoms with E-state index in [0.717, 1.165) is 10.2 Å². The zero-order chi connectivity index (χ0) is 23.6. The molecule has 0 aliphatic heterocycles. The number of aromatic nitrogens is 1. The van der Waals surface area contributed by atoms with Crippen LogP contribution in [0.4, 0.5) is 10.8 Å². The Morgan fingerprint density at radius 2 is 1.58 bits per heavy atom. The number of sulfonamides is 1. The van der Waals surface area contributed by atoms with Gasteiger partial charge in [-0.3, -0.25) is 14.0 Å². The molecule has 1 amide bonds. The molecule has 0 aliphatic rings. The molecule has 0 bridgehead atoms. The van der Waals surface area contributed by atoms with E-state index in [1.807, 2.05) is 44.2 Å². The highest BCUT2D eigenvalue weighted by Gasteiger charge is 2.25. The van der Waals surface area contributed by atoms with Gasteiger partial charge in [-0.05, 0) is 54.4 Å². The maximum Gasteiger partial charge on any atom is 0.264 e. The molecule has 1 heterocycles. The van der Waals surface area contributed by atoms with Crippen LogP contribution in [0.2, 0.25) is 0 Å². The van der Waals surface area contributed by atoms with Gasteiger partial charge in [0.1, 0.15) is 0 Å². The first kappa shape index (κ1) is 22.9. The van der Waals surface area contributed by atoms with Crippen LogP contribution in [-0.4, -0.2) is 32.9 Å². The quantitative estimate of drug-likeness (QED) is 0.355. The largest absolute Gasteiger partial charge is 0.284 e. The lowest BCUT2D eigenvalue weighted by Crippen LogP contribution is -2.34. The van der Waals surface area contributed by atoms with Gasteiger partial charge in [0.2, 0.25) is 0 Å². The lowest BCUT2D eigenvalue weighted by Gasteiger charge is -2.22. The Morgan fingerprint density at radius 1 is 0.939 bits per heavy atom. The van der Waals surface area contributed by atoms with Gasteiger partial charge in [0.15, 0.2) is 5.13 Å². The minimum absolute atomic E-state index is 0.126. The first-order valence-corrected chi connectivity index (χ1v) is 12.8. The summed E-state index contributed by atoms with van der Waals surface area (Å²) in [7, 11) is -2.23. The van der Waals surface area contributed by atoms with Crippen molar-refractivity contribution in [1.29, 1.82) is 0 Å². The number of anilines is 2. The third-order valence-corrected chi connectivity index (χ3v) is 8.04. The van der Waals surface area contributed by atoms with Crippen LogP contribution in [0.5, 0.6) is 0 Å². The summed E-state index contributed by atoms with van der Waals surface area (Å²) in [6, 6.07) is 22.7. The summed E-state index contributed by atoms with van der Waals surface area (Å²) in [6.45, 7) is 4.60. The van der Waals surface area contributed by atoms with Crippen LogP contribution in [0.1, 0.15) is 24.2 Å². The normalized spacial score (nSPS) is 11.6. The highest BCUT2D eigenvalue weighted by atomic mass is 32.2. The number of thiazole rings is 1. The van der Waals surface area contributed by atoms with E-state index in [2.05, 4.69) is 4.98 Å². The van der Waals surface area contributed by atoms with E-state index in [1.165, 1.54) is 34.8 Å². The third kappa shape index (κ3) is 4.77. The molecule has 0 saturated heterocycles. The average molecular weight is 480 g/mol. The highest BCUT2D eigenvalue weighted by Crippen LogP contribution is 2.30. The van der Waals surface area contributed by atoms with Crippen molar-refractivity contribution in [2.75, 3.05) is 22.8 Å². The highest BCUT2D eigenvalue weighted by molar-refractivity contribution is 7.92. The molecule has 0 spiro atoms. The molecule has 33 heavy (non-hydrogen) atoms. The van der Waals surface area contributed by atoms with Crippen LogP contribution in [0, 0.1) is 5.92 Å². The molecule has 4 rings (SSSR count). The number of amides is 1. The average Bonchev–Trinajstić information content (AvgIpc) is 3.26. The van der Waals surface area contributed by atoms with Crippen LogP contribution >= 0.6 is 11.3 Å². The van der Waals surface area contributed by atoms with Crippen molar-refractivity contribution in [3.05, 3.63) is 84.4 Å². The topological polar surface area (TPSA) is 70.6 Å². The summed E-state index contributed by atoms with van der Waals surface area (Å²) >= 11 is 1.47. The van der Waals surface area contributed by atoms with Gasteiger partial charge in [-0.1, -0.05) is 55.5 Å². The third-order valence-electron chi connectivity index (χ3n) is 5.19. The standard InChI is InChI=1S/C25H25N3O3S2/c1-18(2)17-28(25-26-22-11-7-8-12-23(22)32-25)24(29)19-13-15-21(16-14-19)33(30,31)27(3)20-9-5-4-6-10-20/h4-16,18H,17H2,1-3H3. The zero-order valence-electron chi connectivity index (χ0n) is 18.7. The van der Waals surface area contributed by atoms with Gasteiger partial charge in [0.25, 0.3) is 15.9 Å². The second kappa shape index (κ2) is 9.33. The molecule has 0 radical (unpaired) electrons. The SMILES string of the molecule is CC(C)CN(C(=O)c1ccc(S(=O)(=O)N(C)c2ccccc2)cc1)c1nc2ccccc2s1. The lowest BCUT2D eigenvalue weighted by atomic mass is 10.1. The van der Waals surface area contributed by atoms with Crippen molar-refractivity contribution in [1.82, 2.24) is 4.98 Å². The summed E-state index contributed by atoms with van der Waals surface area (Å²) in [6.07, 6.45) is 0.